The molecule has 0 spiro atoms. The van der Waals surface area contributed by atoms with Gasteiger partial charge in [0.2, 0.25) is 5.12 Å². The number of halogens is 1. The van der Waals surface area contributed by atoms with Gasteiger partial charge in [-0.1, -0.05) is 36.9 Å². The van der Waals surface area contributed by atoms with Gasteiger partial charge >= 0.3 is 0 Å². The van der Waals surface area contributed by atoms with E-state index in [1.807, 2.05) is 30.3 Å². The van der Waals surface area contributed by atoms with E-state index < -0.39 is 0 Å². The minimum atomic E-state index is 0.000908. The number of benzene rings is 2. The van der Waals surface area contributed by atoms with Gasteiger partial charge in [-0.15, -0.1) is 0 Å². The van der Waals surface area contributed by atoms with Crippen molar-refractivity contribution in [3.05, 3.63) is 53.0 Å². The third-order valence-corrected chi connectivity index (χ3v) is 4.59. The molecule has 1 nitrogen and oxygen atoms in total. The van der Waals surface area contributed by atoms with E-state index in [-0.39, 0.29) is 5.12 Å². The van der Waals surface area contributed by atoms with Crippen LogP contribution in [0.2, 0.25) is 0 Å². The highest BCUT2D eigenvalue weighted by Crippen LogP contribution is 2.35. The first-order chi connectivity index (χ1) is 8.09. The van der Waals surface area contributed by atoms with Gasteiger partial charge in [0.05, 0.1) is 0 Å². The molecule has 86 valence electrons. The van der Waals surface area contributed by atoms with E-state index in [4.69, 9.17) is 0 Å². The number of hydrogen-bond acceptors (Lipinski definition) is 2. The molecule has 3 heteroatoms. The Kier molecular flexibility index (Phi) is 3.69. The summed E-state index contributed by atoms with van der Waals surface area (Å²) >= 11 is 4.76. The lowest BCUT2D eigenvalue weighted by atomic mass is 10.1. The topological polar surface area (TPSA) is 17.1 Å². The van der Waals surface area contributed by atoms with Crippen molar-refractivity contribution in [2.45, 2.75) is 11.8 Å². The van der Waals surface area contributed by atoms with Crippen LogP contribution in [0.25, 0.3) is 10.8 Å². The Balaban J connectivity index is 2.46. The molecule has 0 fully saturated rings. The van der Waals surface area contributed by atoms with Crippen molar-refractivity contribution < 1.29 is 4.79 Å². The largest absolute Gasteiger partial charge is 0.282 e. The van der Waals surface area contributed by atoms with E-state index in [1.165, 1.54) is 11.8 Å². The fraction of sp³-hybridized carbons (Fsp3) is 0.0714. The fourth-order valence-electron chi connectivity index (χ4n) is 1.48. The van der Waals surface area contributed by atoms with Crippen molar-refractivity contribution in [3.63, 3.8) is 0 Å². The summed E-state index contributed by atoms with van der Waals surface area (Å²) in [4.78, 5) is 12.6. The van der Waals surface area contributed by atoms with Gasteiger partial charge in [-0.25, -0.2) is 0 Å². The van der Waals surface area contributed by atoms with E-state index in [0.29, 0.717) is 5.57 Å². The zero-order chi connectivity index (χ0) is 12.4. The Morgan fingerprint density at radius 1 is 1.24 bits per heavy atom. The van der Waals surface area contributed by atoms with Gasteiger partial charge in [-0.3, -0.25) is 4.79 Å². The zero-order valence-electron chi connectivity index (χ0n) is 9.37. The molecule has 0 atom stereocenters. The molecule has 2 aromatic rings. The minimum Gasteiger partial charge on any atom is -0.282 e. The molecule has 0 bridgehead atoms. The molecule has 0 aliphatic rings. The summed E-state index contributed by atoms with van der Waals surface area (Å²) in [6.07, 6.45) is 0. The Morgan fingerprint density at radius 2 is 1.94 bits per heavy atom. The monoisotopic (exact) mass is 306 g/mol. The summed E-state index contributed by atoms with van der Waals surface area (Å²) in [5.74, 6) is 0. The van der Waals surface area contributed by atoms with Crippen molar-refractivity contribution in [1.82, 2.24) is 0 Å². The maximum Gasteiger partial charge on any atom is 0.219 e. The van der Waals surface area contributed by atoms with Gasteiger partial charge in [0.15, 0.2) is 0 Å². The second-order valence-corrected chi connectivity index (χ2v) is 5.58. The maximum atomic E-state index is 11.6. The molecule has 0 saturated carbocycles. The summed E-state index contributed by atoms with van der Waals surface area (Å²) in [6, 6.07) is 12.1. The fourth-order valence-corrected chi connectivity index (χ4v) is 2.93. The van der Waals surface area contributed by atoms with Crippen LogP contribution in [0.3, 0.4) is 0 Å². The summed E-state index contributed by atoms with van der Waals surface area (Å²) < 4.78 is 0.968. The lowest BCUT2D eigenvalue weighted by Gasteiger charge is -2.06. The highest BCUT2D eigenvalue weighted by atomic mass is 79.9. The predicted molar refractivity (Wildman–Crippen MR) is 77.3 cm³/mol. The molecule has 17 heavy (non-hydrogen) atoms. The van der Waals surface area contributed by atoms with Gasteiger partial charge in [0.25, 0.3) is 0 Å². The molecule has 0 heterocycles. The number of thioether (sulfide) groups is 1. The predicted octanol–water partition coefficient (Wildman–Crippen LogP) is 4.80. The first-order valence-electron chi connectivity index (χ1n) is 5.14. The Morgan fingerprint density at radius 3 is 2.65 bits per heavy atom. The smallest absolute Gasteiger partial charge is 0.219 e. The van der Waals surface area contributed by atoms with E-state index in [1.54, 1.807) is 6.92 Å². The Hall–Kier alpha value is -1.06. The lowest BCUT2D eigenvalue weighted by molar-refractivity contribution is -0.107. The molecule has 0 saturated heterocycles. The van der Waals surface area contributed by atoms with Crippen LogP contribution in [0.5, 0.6) is 0 Å². The van der Waals surface area contributed by atoms with Crippen molar-refractivity contribution in [1.29, 1.82) is 0 Å². The third kappa shape index (κ3) is 2.61. The zero-order valence-corrected chi connectivity index (χ0v) is 11.8. The van der Waals surface area contributed by atoms with E-state index >= 15 is 0 Å². The third-order valence-electron chi connectivity index (χ3n) is 2.38. The minimum absolute atomic E-state index is 0.000908. The van der Waals surface area contributed by atoms with E-state index in [9.17, 15) is 4.79 Å². The van der Waals surface area contributed by atoms with Crippen LogP contribution in [-0.2, 0) is 4.79 Å². The highest BCUT2D eigenvalue weighted by molar-refractivity contribution is 9.10. The molecule has 0 N–H and O–H groups in total. The van der Waals surface area contributed by atoms with E-state index in [2.05, 4.69) is 28.6 Å². The summed E-state index contributed by atoms with van der Waals surface area (Å²) in [7, 11) is 0. The first kappa shape index (κ1) is 12.4. The van der Waals surface area contributed by atoms with Crippen LogP contribution in [0.15, 0.2) is 57.9 Å². The molecule has 0 radical (unpaired) electrons. The molecular formula is C14H11BrOS. The van der Waals surface area contributed by atoms with Crippen LogP contribution in [-0.4, -0.2) is 5.12 Å². The molecule has 0 amide bonds. The quantitative estimate of drug-likeness (QED) is 0.586. The number of rotatable bonds is 2. The van der Waals surface area contributed by atoms with E-state index in [0.717, 1.165) is 20.1 Å². The second-order valence-electron chi connectivity index (χ2n) is 3.77. The number of carbonyl (C=O) groups excluding carboxylic acids is 1. The van der Waals surface area contributed by atoms with Crippen molar-refractivity contribution in [2.24, 2.45) is 0 Å². The molecule has 2 aromatic carbocycles. The first-order valence-corrected chi connectivity index (χ1v) is 6.75. The van der Waals surface area contributed by atoms with Crippen molar-refractivity contribution in [3.8, 4) is 0 Å². The average molecular weight is 307 g/mol. The second kappa shape index (κ2) is 5.07. The van der Waals surface area contributed by atoms with Crippen LogP contribution >= 0.6 is 27.7 Å². The molecule has 0 aliphatic heterocycles. The summed E-state index contributed by atoms with van der Waals surface area (Å²) in [5, 5.41) is 2.28. The Labute approximate surface area is 113 Å². The molecule has 0 unspecified atom stereocenters. The SMILES string of the molecule is C=C(C)C(=O)Sc1ccc2ccccc2c1Br. The lowest BCUT2D eigenvalue weighted by Crippen LogP contribution is -1.91. The van der Waals surface area contributed by atoms with Crippen LogP contribution in [0.4, 0.5) is 0 Å². The van der Waals surface area contributed by atoms with Crippen LogP contribution in [0.1, 0.15) is 6.92 Å². The van der Waals surface area contributed by atoms with Gasteiger partial charge in [-0.2, -0.15) is 0 Å². The average Bonchev–Trinajstić information content (AvgIpc) is 2.33. The van der Waals surface area contributed by atoms with Crippen LogP contribution < -0.4 is 0 Å². The molecule has 2 rings (SSSR count). The van der Waals surface area contributed by atoms with Crippen molar-refractivity contribution >= 4 is 43.6 Å². The molecule has 0 aliphatic carbocycles. The number of hydrogen-bond donors (Lipinski definition) is 0. The maximum absolute atomic E-state index is 11.6. The van der Waals surface area contributed by atoms with Gasteiger partial charge in [0, 0.05) is 9.37 Å². The summed E-state index contributed by atoms with van der Waals surface area (Å²) in [5.41, 5.74) is 0.565. The van der Waals surface area contributed by atoms with Gasteiger partial charge in [-0.05, 0) is 57.0 Å². The Bertz CT molecular complexity index is 604. The summed E-state index contributed by atoms with van der Waals surface area (Å²) in [6.45, 7) is 5.38. The van der Waals surface area contributed by atoms with Crippen molar-refractivity contribution in [2.75, 3.05) is 0 Å². The van der Waals surface area contributed by atoms with Gasteiger partial charge in [0.1, 0.15) is 0 Å². The van der Waals surface area contributed by atoms with Gasteiger partial charge < -0.3 is 0 Å². The van der Waals surface area contributed by atoms with Crippen LogP contribution in [0, 0.1) is 0 Å². The molecular weight excluding hydrogens is 296 g/mol. The number of fused-ring (bicyclic) bond motifs is 1. The number of carbonyl (C=O) groups is 1. The highest BCUT2D eigenvalue weighted by Gasteiger charge is 2.10. The standard InChI is InChI=1S/C14H11BrOS/c1-9(2)14(16)17-12-8-7-10-5-3-4-6-11(10)13(12)15/h3-8H,1H2,2H3. The molecule has 0 aromatic heterocycles. The normalized spacial score (nSPS) is 10.5.